The van der Waals surface area contributed by atoms with E-state index in [0.29, 0.717) is 0 Å². The molecule has 3 fully saturated rings. The van der Waals surface area contributed by atoms with Gasteiger partial charge in [0.1, 0.15) is 32.0 Å². The molecule has 5 atom stereocenters. The van der Waals surface area contributed by atoms with Crippen LogP contribution in [0.25, 0.3) is 0 Å². The number of carbonyl (C=O) groups is 3. The lowest BCUT2D eigenvalue weighted by atomic mass is 10.3. The molecule has 3 aliphatic heterocycles. The molecule has 0 aromatic rings. The third-order valence-corrected chi connectivity index (χ3v) is 4.30. The Morgan fingerprint density at radius 2 is 1.12 bits per heavy atom. The maximum Gasteiger partial charge on any atom is 0.508 e. The van der Waals surface area contributed by atoms with Gasteiger partial charge in [-0.05, 0) is 0 Å². The molecule has 0 amide bonds. The molecule has 0 aromatic heterocycles. The second-order valence-corrected chi connectivity index (χ2v) is 7.12. The molecule has 0 radical (unpaired) electrons. The zero-order valence-electron chi connectivity index (χ0n) is 17.2. The summed E-state index contributed by atoms with van der Waals surface area (Å²) < 4.78 is 50.5. The van der Waals surface area contributed by atoms with Crippen molar-refractivity contribution >= 4 is 18.5 Å². The molecule has 0 aromatic carbocycles. The molecule has 3 heterocycles. The van der Waals surface area contributed by atoms with Crippen LogP contribution in [0, 0.1) is 0 Å². The van der Waals surface area contributed by atoms with E-state index in [4.69, 9.17) is 37.9 Å². The lowest BCUT2D eigenvalue weighted by Gasteiger charge is -2.21. The van der Waals surface area contributed by atoms with Gasteiger partial charge in [-0.1, -0.05) is 0 Å². The van der Waals surface area contributed by atoms with Crippen molar-refractivity contribution in [3.8, 4) is 0 Å². The Bertz CT molecular complexity index is 627. The molecule has 182 valence electrons. The molecular weight excluding hydrogens is 440 g/mol. The molecule has 0 aliphatic carbocycles. The van der Waals surface area contributed by atoms with Crippen molar-refractivity contribution < 1.29 is 66.9 Å². The van der Waals surface area contributed by atoms with Crippen LogP contribution in [0.5, 0.6) is 0 Å². The largest absolute Gasteiger partial charge is 0.508 e. The van der Waals surface area contributed by atoms with Crippen LogP contribution in [0.3, 0.4) is 0 Å². The zero-order chi connectivity index (χ0) is 22.8. The standard InChI is InChI=1S/C18H26O14/c19-11(2-24-5-13-8-27-16(20)30-13)1-23-3-12(26-7-15-10-29-18(22)32-15)4-25-6-14-9-28-17(21)31-14/h11-15,19H,1-10H2. The minimum Gasteiger partial charge on any atom is -0.430 e. The lowest BCUT2D eigenvalue weighted by Crippen LogP contribution is -2.33. The first-order chi connectivity index (χ1) is 15.5. The van der Waals surface area contributed by atoms with E-state index in [1.54, 1.807) is 0 Å². The molecule has 3 aliphatic rings. The van der Waals surface area contributed by atoms with Crippen LogP contribution in [0.4, 0.5) is 14.4 Å². The van der Waals surface area contributed by atoms with Gasteiger partial charge in [-0.3, -0.25) is 0 Å². The minimum absolute atomic E-state index is 0.0293. The SMILES string of the molecule is O=C1OCC(COCC(O)COCC(COCC2COC(=O)O2)OCC2COC(=O)O2)O1. The predicted molar refractivity (Wildman–Crippen MR) is 96.9 cm³/mol. The summed E-state index contributed by atoms with van der Waals surface area (Å²) in [5.41, 5.74) is 0. The summed E-state index contributed by atoms with van der Waals surface area (Å²) in [4.78, 5) is 32.8. The highest BCUT2D eigenvalue weighted by atomic mass is 16.8. The molecule has 5 unspecified atom stereocenters. The second-order valence-electron chi connectivity index (χ2n) is 7.12. The Hall–Kier alpha value is -2.39. The Labute approximate surface area is 182 Å². The summed E-state index contributed by atoms with van der Waals surface area (Å²) in [6, 6.07) is 0. The van der Waals surface area contributed by atoms with E-state index in [0.717, 1.165) is 0 Å². The lowest BCUT2D eigenvalue weighted by molar-refractivity contribution is -0.0983. The van der Waals surface area contributed by atoms with Crippen LogP contribution in [0.2, 0.25) is 0 Å². The van der Waals surface area contributed by atoms with Crippen LogP contribution >= 0.6 is 0 Å². The number of carbonyl (C=O) groups excluding carboxylic acids is 3. The minimum atomic E-state index is -0.922. The fourth-order valence-corrected chi connectivity index (χ4v) is 2.78. The van der Waals surface area contributed by atoms with E-state index in [1.165, 1.54) is 0 Å². The summed E-state index contributed by atoms with van der Waals surface area (Å²) >= 11 is 0. The van der Waals surface area contributed by atoms with Gasteiger partial charge in [0, 0.05) is 0 Å². The van der Waals surface area contributed by atoms with Crippen LogP contribution in [-0.4, -0.2) is 120 Å². The summed E-state index contributed by atoms with van der Waals surface area (Å²) in [5, 5.41) is 9.97. The highest BCUT2D eigenvalue weighted by Gasteiger charge is 2.28. The fourth-order valence-electron chi connectivity index (χ4n) is 2.78. The van der Waals surface area contributed by atoms with Gasteiger partial charge in [-0.15, -0.1) is 0 Å². The average molecular weight is 466 g/mol. The Balaban J connectivity index is 1.31. The average Bonchev–Trinajstić information content (AvgIpc) is 3.48. The fraction of sp³-hybridized carbons (Fsp3) is 0.833. The van der Waals surface area contributed by atoms with Crippen molar-refractivity contribution in [1.29, 1.82) is 0 Å². The maximum atomic E-state index is 11.0. The molecule has 32 heavy (non-hydrogen) atoms. The van der Waals surface area contributed by atoms with Crippen LogP contribution in [-0.2, 0) is 47.4 Å². The van der Waals surface area contributed by atoms with E-state index in [2.05, 4.69) is 9.47 Å². The number of hydrogen-bond acceptors (Lipinski definition) is 14. The molecule has 0 bridgehead atoms. The maximum absolute atomic E-state index is 11.0. The summed E-state index contributed by atoms with van der Waals surface area (Å²) in [7, 11) is 0. The first-order valence-corrected chi connectivity index (χ1v) is 10.0. The Kier molecular flexibility index (Phi) is 9.55. The topological polar surface area (TPSA) is 164 Å². The van der Waals surface area contributed by atoms with Gasteiger partial charge in [0.25, 0.3) is 0 Å². The number of ether oxygens (including phenoxy) is 10. The first-order valence-electron chi connectivity index (χ1n) is 10.0. The smallest absolute Gasteiger partial charge is 0.430 e. The van der Waals surface area contributed by atoms with Gasteiger partial charge >= 0.3 is 18.5 Å². The molecular formula is C18H26O14. The first kappa shape index (κ1) is 24.3. The van der Waals surface area contributed by atoms with E-state index in [-0.39, 0.29) is 66.1 Å². The summed E-state index contributed by atoms with van der Waals surface area (Å²) in [6.45, 7) is 0.655. The van der Waals surface area contributed by atoms with E-state index in [9.17, 15) is 19.5 Å². The number of hydrogen-bond donors (Lipinski definition) is 1. The monoisotopic (exact) mass is 466 g/mol. The quantitative estimate of drug-likeness (QED) is 0.240. The molecule has 14 heteroatoms. The van der Waals surface area contributed by atoms with Crippen molar-refractivity contribution in [3.63, 3.8) is 0 Å². The Morgan fingerprint density at radius 3 is 1.62 bits per heavy atom. The number of rotatable bonds is 15. The molecule has 0 saturated carbocycles. The van der Waals surface area contributed by atoms with Crippen molar-refractivity contribution in [2.45, 2.75) is 30.5 Å². The normalized spacial score (nSPS) is 26.5. The van der Waals surface area contributed by atoms with Gasteiger partial charge in [0.05, 0.1) is 46.2 Å². The predicted octanol–water partition coefficient (Wildman–Crippen LogP) is -0.611. The molecule has 3 rings (SSSR count). The Morgan fingerprint density at radius 1 is 0.688 bits per heavy atom. The number of aliphatic hydroxyl groups excluding tert-OH is 1. The zero-order valence-corrected chi connectivity index (χ0v) is 17.2. The van der Waals surface area contributed by atoms with Gasteiger partial charge in [0.2, 0.25) is 0 Å². The van der Waals surface area contributed by atoms with Gasteiger partial charge in [0.15, 0.2) is 18.3 Å². The second kappa shape index (κ2) is 12.6. The van der Waals surface area contributed by atoms with Crippen LogP contribution < -0.4 is 0 Å². The number of aliphatic hydroxyl groups is 1. The van der Waals surface area contributed by atoms with Gasteiger partial charge in [-0.25, -0.2) is 14.4 Å². The number of cyclic esters (lactones) is 6. The van der Waals surface area contributed by atoms with Gasteiger partial charge in [-0.2, -0.15) is 0 Å². The molecule has 1 N–H and O–H groups in total. The molecule has 14 nitrogen and oxygen atoms in total. The van der Waals surface area contributed by atoms with Crippen LogP contribution in [0.15, 0.2) is 0 Å². The highest BCUT2D eigenvalue weighted by Crippen LogP contribution is 2.10. The van der Waals surface area contributed by atoms with Crippen molar-refractivity contribution in [2.24, 2.45) is 0 Å². The van der Waals surface area contributed by atoms with Gasteiger partial charge < -0.3 is 52.5 Å². The van der Waals surface area contributed by atoms with Crippen LogP contribution in [0.1, 0.15) is 0 Å². The molecule has 3 saturated heterocycles. The van der Waals surface area contributed by atoms with E-state index >= 15 is 0 Å². The summed E-state index contributed by atoms with van der Waals surface area (Å²) in [5.74, 6) is 0. The summed E-state index contributed by atoms with van der Waals surface area (Å²) in [6.07, 6.45) is -5.26. The van der Waals surface area contributed by atoms with E-state index in [1.807, 2.05) is 0 Å². The van der Waals surface area contributed by atoms with E-state index < -0.39 is 49.0 Å². The third-order valence-electron chi connectivity index (χ3n) is 4.30. The molecule has 0 spiro atoms. The third kappa shape index (κ3) is 8.63. The highest BCUT2D eigenvalue weighted by molar-refractivity contribution is 5.62. The van der Waals surface area contributed by atoms with Crippen molar-refractivity contribution in [2.75, 3.05) is 66.1 Å². The van der Waals surface area contributed by atoms with Crippen molar-refractivity contribution in [3.05, 3.63) is 0 Å². The van der Waals surface area contributed by atoms with Crippen molar-refractivity contribution in [1.82, 2.24) is 0 Å².